The lowest BCUT2D eigenvalue weighted by atomic mass is 10.2. The summed E-state index contributed by atoms with van der Waals surface area (Å²) >= 11 is 4.76. The first-order valence-corrected chi connectivity index (χ1v) is 7.17. The first-order chi connectivity index (χ1) is 9.58. The highest BCUT2D eigenvalue weighted by Gasteiger charge is 2.10. The van der Waals surface area contributed by atoms with Crippen molar-refractivity contribution < 1.29 is 9.90 Å². The smallest absolute Gasteiger partial charge is 0.266 e. The van der Waals surface area contributed by atoms with Gasteiger partial charge in [0.1, 0.15) is 17.4 Å². The maximum Gasteiger partial charge on any atom is 0.266 e. The number of anilines is 1. The summed E-state index contributed by atoms with van der Waals surface area (Å²) in [6.07, 6.45) is 1.53. The molecule has 100 valence electrons. The second-order valence-corrected chi connectivity index (χ2v) is 6.31. The Kier molecular flexibility index (Phi) is 4.56. The average Bonchev–Trinajstić information content (AvgIpc) is 2.84. The summed E-state index contributed by atoms with van der Waals surface area (Å²) < 4.78 is 0.931. The Labute approximate surface area is 128 Å². The number of nitrogens with one attached hydrogen (secondary N) is 1. The zero-order valence-electron chi connectivity index (χ0n) is 10.1. The lowest BCUT2D eigenvalue weighted by Crippen LogP contribution is -2.13. The third-order valence-corrected chi connectivity index (χ3v) is 3.94. The van der Waals surface area contributed by atoms with E-state index in [0.29, 0.717) is 5.69 Å². The normalized spacial score (nSPS) is 10.9. The number of phenolic OH excluding ortho intramolecular Hbond substituents is 1. The Hall–Kier alpha value is -2.10. The van der Waals surface area contributed by atoms with Crippen LogP contribution in [0.25, 0.3) is 6.08 Å². The Morgan fingerprint density at radius 2 is 2.00 bits per heavy atom. The average molecular weight is 349 g/mol. The predicted molar refractivity (Wildman–Crippen MR) is 82.3 cm³/mol. The van der Waals surface area contributed by atoms with E-state index in [1.54, 1.807) is 12.1 Å². The molecule has 0 aliphatic rings. The minimum atomic E-state index is -0.484. The number of rotatable bonds is 3. The standard InChI is InChI=1S/C14H9BrN2O2S/c15-13-6-5-12(20-13)7-9(8-16)14(19)17-10-1-3-11(18)4-2-10/h1-7,18H,(H,17,19)/b9-7+. The number of carbonyl (C=O) groups excluding carboxylic acids is 1. The summed E-state index contributed by atoms with van der Waals surface area (Å²) in [6.45, 7) is 0. The van der Waals surface area contributed by atoms with Crippen molar-refractivity contribution in [3.8, 4) is 11.8 Å². The summed E-state index contributed by atoms with van der Waals surface area (Å²) in [7, 11) is 0. The molecule has 1 aromatic carbocycles. The van der Waals surface area contributed by atoms with Gasteiger partial charge in [-0.25, -0.2) is 0 Å². The largest absolute Gasteiger partial charge is 0.508 e. The zero-order chi connectivity index (χ0) is 14.5. The lowest BCUT2D eigenvalue weighted by molar-refractivity contribution is -0.112. The molecule has 0 radical (unpaired) electrons. The van der Waals surface area contributed by atoms with Crippen molar-refractivity contribution in [1.82, 2.24) is 0 Å². The Morgan fingerprint density at radius 3 is 2.55 bits per heavy atom. The molecule has 0 saturated heterocycles. The molecular weight excluding hydrogens is 340 g/mol. The van der Waals surface area contributed by atoms with E-state index < -0.39 is 5.91 Å². The molecule has 0 bridgehead atoms. The van der Waals surface area contributed by atoms with E-state index in [0.717, 1.165) is 8.66 Å². The summed E-state index contributed by atoms with van der Waals surface area (Å²) in [5.41, 5.74) is 0.536. The number of phenols is 1. The Balaban J connectivity index is 2.16. The molecule has 0 unspecified atom stereocenters. The fourth-order valence-corrected chi connectivity index (χ4v) is 2.81. The van der Waals surface area contributed by atoms with Crippen LogP contribution in [-0.4, -0.2) is 11.0 Å². The van der Waals surface area contributed by atoms with Gasteiger partial charge >= 0.3 is 0 Å². The van der Waals surface area contributed by atoms with Crippen LogP contribution in [-0.2, 0) is 4.79 Å². The lowest BCUT2D eigenvalue weighted by Gasteiger charge is -2.03. The Bertz CT molecular complexity index is 699. The monoisotopic (exact) mass is 348 g/mol. The fraction of sp³-hybridized carbons (Fsp3) is 0. The molecule has 0 aliphatic carbocycles. The quantitative estimate of drug-likeness (QED) is 0.503. The molecule has 0 saturated carbocycles. The number of benzene rings is 1. The third kappa shape index (κ3) is 3.70. The molecule has 1 amide bonds. The highest BCUT2D eigenvalue weighted by molar-refractivity contribution is 9.11. The van der Waals surface area contributed by atoms with Gasteiger partial charge in [-0.3, -0.25) is 4.79 Å². The van der Waals surface area contributed by atoms with Crippen LogP contribution in [0.5, 0.6) is 5.75 Å². The second kappa shape index (κ2) is 6.37. The van der Waals surface area contributed by atoms with Crippen molar-refractivity contribution in [2.45, 2.75) is 0 Å². The molecule has 0 spiro atoms. The number of nitriles is 1. The summed E-state index contributed by atoms with van der Waals surface area (Å²) in [5.74, 6) is -0.370. The summed E-state index contributed by atoms with van der Waals surface area (Å²) in [6, 6.07) is 11.6. The Morgan fingerprint density at radius 1 is 1.30 bits per heavy atom. The van der Waals surface area contributed by atoms with Crippen LogP contribution in [0.15, 0.2) is 45.8 Å². The number of hydrogen-bond acceptors (Lipinski definition) is 4. The van der Waals surface area contributed by atoms with E-state index >= 15 is 0 Å². The van der Waals surface area contributed by atoms with Gasteiger partial charge in [-0.1, -0.05) is 0 Å². The van der Waals surface area contributed by atoms with Gasteiger partial charge in [-0.05, 0) is 58.4 Å². The molecule has 2 aromatic rings. The van der Waals surface area contributed by atoms with Crippen molar-refractivity contribution in [3.63, 3.8) is 0 Å². The predicted octanol–water partition coefficient (Wildman–Crippen LogP) is 3.76. The number of halogens is 1. The van der Waals surface area contributed by atoms with Gasteiger partial charge in [0.25, 0.3) is 5.91 Å². The third-order valence-electron chi connectivity index (χ3n) is 2.37. The number of hydrogen-bond donors (Lipinski definition) is 2. The van der Waals surface area contributed by atoms with Gasteiger partial charge in [0.15, 0.2) is 0 Å². The fourth-order valence-electron chi connectivity index (χ4n) is 1.44. The molecule has 0 fully saturated rings. The molecule has 2 N–H and O–H groups in total. The molecule has 4 nitrogen and oxygen atoms in total. The van der Waals surface area contributed by atoms with Gasteiger partial charge in [-0.2, -0.15) is 5.26 Å². The van der Waals surface area contributed by atoms with Crippen LogP contribution in [0, 0.1) is 11.3 Å². The molecule has 1 aromatic heterocycles. The topological polar surface area (TPSA) is 73.1 Å². The second-order valence-electron chi connectivity index (χ2n) is 3.81. The van der Waals surface area contributed by atoms with Gasteiger partial charge < -0.3 is 10.4 Å². The van der Waals surface area contributed by atoms with Crippen LogP contribution in [0.3, 0.4) is 0 Å². The number of thiophene rings is 1. The van der Waals surface area contributed by atoms with Crippen molar-refractivity contribution in [2.75, 3.05) is 5.32 Å². The molecule has 1 heterocycles. The first-order valence-electron chi connectivity index (χ1n) is 5.56. The molecular formula is C14H9BrN2O2S. The van der Waals surface area contributed by atoms with Crippen molar-refractivity contribution >= 4 is 44.9 Å². The summed E-state index contributed by atoms with van der Waals surface area (Å²) in [5, 5.41) is 20.8. The molecule has 2 rings (SSSR count). The van der Waals surface area contributed by atoms with Crippen LogP contribution in [0.2, 0.25) is 0 Å². The first kappa shape index (κ1) is 14.3. The van der Waals surface area contributed by atoms with Gasteiger partial charge in [0.2, 0.25) is 0 Å². The molecule has 20 heavy (non-hydrogen) atoms. The van der Waals surface area contributed by atoms with Gasteiger partial charge in [0, 0.05) is 10.6 Å². The van der Waals surface area contributed by atoms with E-state index in [4.69, 9.17) is 10.4 Å². The van der Waals surface area contributed by atoms with E-state index in [2.05, 4.69) is 21.2 Å². The maximum absolute atomic E-state index is 12.0. The highest BCUT2D eigenvalue weighted by Crippen LogP contribution is 2.24. The van der Waals surface area contributed by atoms with Crippen LogP contribution >= 0.6 is 27.3 Å². The maximum atomic E-state index is 12.0. The van der Waals surface area contributed by atoms with E-state index in [-0.39, 0.29) is 11.3 Å². The van der Waals surface area contributed by atoms with Crippen LogP contribution < -0.4 is 5.32 Å². The molecule has 0 atom stereocenters. The number of carbonyl (C=O) groups is 1. The number of amides is 1. The van der Waals surface area contributed by atoms with E-state index in [9.17, 15) is 4.79 Å². The molecule has 6 heteroatoms. The number of nitrogens with zero attached hydrogens (tertiary/aromatic N) is 1. The van der Waals surface area contributed by atoms with E-state index in [1.807, 2.05) is 18.2 Å². The van der Waals surface area contributed by atoms with E-state index in [1.165, 1.54) is 29.5 Å². The van der Waals surface area contributed by atoms with Gasteiger partial charge in [0.05, 0.1) is 3.79 Å². The zero-order valence-corrected chi connectivity index (χ0v) is 12.5. The minimum absolute atomic E-state index is 0.0208. The minimum Gasteiger partial charge on any atom is -0.508 e. The summed E-state index contributed by atoms with van der Waals surface area (Å²) in [4.78, 5) is 12.8. The van der Waals surface area contributed by atoms with Crippen molar-refractivity contribution in [1.29, 1.82) is 5.26 Å². The van der Waals surface area contributed by atoms with Crippen LogP contribution in [0.4, 0.5) is 5.69 Å². The van der Waals surface area contributed by atoms with Gasteiger partial charge in [-0.15, -0.1) is 11.3 Å². The highest BCUT2D eigenvalue weighted by atomic mass is 79.9. The number of aromatic hydroxyl groups is 1. The van der Waals surface area contributed by atoms with Crippen molar-refractivity contribution in [2.24, 2.45) is 0 Å². The SMILES string of the molecule is N#C/C(=C\c1ccc(Br)s1)C(=O)Nc1ccc(O)cc1. The van der Waals surface area contributed by atoms with Crippen LogP contribution in [0.1, 0.15) is 4.88 Å². The molecule has 0 aliphatic heterocycles. The van der Waals surface area contributed by atoms with Crippen molar-refractivity contribution in [3.05, 3.63) is 50.6 Å².